The van der Waals surface area contributed by atoms with Crippen LogP contribution in [0.3, 0.4) is 0 Å². The van der Waals surface area contributed by atoms with Crippen LogP contribution in [-0.2, 0) is 10.0 Å². The Balaban J connectivity index is 2.16. The Morgan fingerprint density at radius 1 is 1.35 bits per heavy atom. The topological polar surface area (TPSA) is 81.8 Å². The van der Waals surface area contributed by atoms with Gasteiger partial charge in [-0.25, -0.2) is 0 Å². The van der Waals surface area contributed by atoms with Gasteiger partial charge in [0.15, 0.2) is 0 Å². The molecule has 1 aliphatic rings. The van der Waals surface area contributed by atoms with Crippen LogP contribution in [0.25, 0.3) is 0 Å². The highest BCUT2D eigenvalue weighted by atomic mass is 32.2. The summed E-state index contributed by atoms with van der Waals surface area (Å²) in [6.07, 6.45) is 1.13. The van der Waals surface area contributed by atoms with Gasteiger partial charge in [-0.2, -0.15) is 12.8 Å². The predicted octanol–water partition coefficient (Wildman–Crippen LogP) is 0.958. The Morgan fingerprint density at radius 2 is 2.06 bits per heavy atom. The summed E-state index contributed by atoms with van der Waals surface area (Å²) in [6, 6.07) is 7.35. The zero-order chi connectivity index (χ0) is 12.5. The normalized spacial score (nSPS) is 17.5. The van der Waals surface area contributed by atoms with Gasteiger partial charge in [-0.1, -0.05) is 18.2 Å². The minimum absolute atomic E-state index is 0.0146. The van der Waals surface area contributed by atoms with Gasteiger partial charge in [0.25, 0.3) is 10.0 Å². The molecular formula is C11H12N2O3S. The number of benzene rings is 1. The summed E-state index contributed by atoms with van der Waals surface area (Å²) >= 11 is 0. The lowest BCUT2D eigenvalue weighted by Gasteiger charge is -2.09. The summed E-state index contributed by atoms with van der Waals surface area (Å²) in [7, 11) is -3.62. The number of nitrogens with zero attached hydrogens (tertiary/aromatic N) is 1. The van der Waals surface area contributed by atoms with E-state index in [-0.39, 0.29) is 17.2 Å². The number of sulfonamides is 1. The van der Waals surface area contributed by atoms with Crippen molar-refractivity contribution in [3.8, 4) is 5.75 Å². The number of hydrogen-bond acceptors (Lipinski definition) is 4. The van der Waals surface area contributed by atoms with E-state index in [1.165, 1.54) is 0 Å². The first-order valence-electron chi connectivity index (χ1n) is 4.98. The number of allylic oxidation sites excluding steroid dienone is 1. The van der Waals surface area contributed by atoms with Crippen molar-refractivity contribution in [2.45, 2.75) is 6.92 Å². The third kappa shape index (κ3) is 2.31. The molecule has 17 heavy (non-hydrogen) atoms. The van der Waals surface area contributed by atoms with E-state index in [0.717, 1.165) is 11.8 Å². The maximum atomic E-state index is 11.5. The van der Waals surface area contributed by atoms with Gasteiger partial charge in [0, 0.05) is 0 Å². The average Bonchev–Trinajstić information content (AvgIpc) is 2.53. The Labute approximate surface area is 99.7 Å². The molecule has 1 aliphatic heterocycles. The minimum atomic E-state index is -3.62. The van der Waals surface area contributed by atoms with E-state index in [4.69, 9.17) is 10.5 Å². The van der Waals surface area contributed by atoms with Gasteiger partial charge in [0.2, 0.25) is 0 Å². The molecule has 0 saturated carbocycles. The van der Waals surface area contributed by atoms with Crippen molar-refractivity contribution in [3.05, 3.63) is 40.4 Å². The second kappa shape index (κ2) is 4.21. The first kappa shape index (κ1) is 11.7. The largest absolute Gasteiger partial charge is 0.488 e. The lowest BCUT2D eigenvalue weighted by atomic mass is 10.2. The fraction of sp³-hybridized carbons (Fsp3) is 0.182. The minimum Gasteiger partial charge on any atom is -0.488 e. The molecular weight excluding hydrogens is 240 g/mol. The molecule has 0 unspecified atom stereocenters. The van der Waals surface area contributed by atoms with Crippen molar-refractivity contribution in [2.75, 3.05) is 6.61 Å². The molecule has 5 nitrogen and oxygen atoms in total. The molecule has 0 aliphatic carbocycles. The van der Waals surface area contributed by atoms with E-state index in [0.29, 0.717) is 5.75 Å². The van der Waals surface area contributed by atoms with E-state index < -0.39 is 10.0 Å². The molecule has 0 bridgehead atoms. The van der Waals surface area contributed by atoms with Gasteiger partial charge in [-0.05, 0) is 18.6 Å². The lowest BCUT2D eigenvalue weighted by Crippen LogP contribution is -2.12. The molecule has 0 aromatic heterocycles. The van der Waals surface area contributed by atoms with Crippen molar-refractivity contribution in [2.24, 2.45) is 10.1 Å². The Morgan fingerprint density at radius 3 is 2.65 bits per heavy atom. The smallest absolute Gasteiger partial charge is 0.284 e. The van der Waals surface area contributed by atoms with Crippen LogP contribution in [0.15, 0.2) is 39.3 Å². The first-order valence-corrected chi connectivity index (χ1v) is 6.42. The van der Waals surface area contributed by atoms with E-state index in [1.54, 1.807) is 6.07 Å². The summed E-state index contributed by atoms with van der Waals surface area (Å²) in [5, 5.41) is 0. The summed E-state index contributed by atoms with van der Waals surface area (Å²) in [6.45, 7) is 1.78. The average molecular weight is 252 g/mol. The maximum Gasteiger partial charge on any atom is 0.284 e. The molecule has 90 valence electrons. The number of aryl methyl sites for hydroxylation is 1. The highest BCUT2D eigenvalue weighted by molar-refractivity contribution is 7.94. The molecule has 1 aromatic rings. The summed E-state index contributed by atoms with van der Waals surface area (Å²) in [4.78, 5) is 0.0146. The van der Waals surface area contributed by atoms with Crippen LogP contribution in [0.1, 0.15) is 5.56 Å². The van der Waals surface area contributed by atoms with Gasteiger partial charge in [0.1, 0.15) is 17.3 Å². The molecule has 2 N–H and O–H groups in total. The van der Waals surface area contributed by atoms with Crippen LogP contribution in [0.4, 0.5) is 0 Å². The SMILES string of the molecule is Cc1ccccc1OCC1=C(N)C=NS1(=O)=O. The van der Waals surface area contributed by atoms with Crippen molar-refractivity contribution in [1.29, 1.82) is 0 Å². The van der Waals surface area contributed by atoms with Gasteiger partial charge in [-0.3, -0.25) is 0 Å². The number of hydrogen-bond donors (Lipinski definition) is 1. The lowest BCUT2D eigenvalue weighted by molar-refractivity contribution is 0.355. The molecule has 0 radical (unpaired) electrons. The van der Waals surface area contributed by atoms with Gasteiger partial charge < -0.3 is 10.5 Å². The predicted molar refractivity (Wildman–Crippen MR) is 65.3 cm³/mol. The summed E-state index contributed by atoms with van der Waals surface area (Å²) in [5.41, 5.74) is 6.60. The Hall–Kier alpha value is -1.82. The molecule has 0 atom stereocenters. The monoisotopic (exact) mass is 252 g/mol. The Bertz CT molecular complexity index is 603. The van der Waals surface area contributed by atoms with Crippen molar-refractivity contribution in [3.63, 3.8) is 0 Å². The molecule has 0 saturated heterocycles. The zero-order valence-electron chi connectivity index (χ0n) is 9.25. The van der Waals surface area contributed by atoms with Crippen LogP contribution in [0.5, 0.6) is 5.75 Å². The zero-order valence-corrected chi connectivity index (χ0v) is 10.1. The number of rotatable bonds is 3. The van der Waals surface area contributed by atoms with E-state index in [1.807, 2.05) is 25.1 Å². The van der Waals surface area contributed by atoms with Gasteiger partial charge in [-0.15, -0.1) is 0 Å². The first-order chi connectivity index (χ1) is 8.00. The second-order valence-corrected chi connectivity index (χ2v) is 5.30. The number of ether oxygens (including phenoxy) is 1. The third-order valence-electron chi connectivity index (χ3n) is 2.42. The fourth-order valence-electron chi connectivity index (χ4n) is 1.43. The van der Waals surface area contributed by atoms with E-state index in [9.17, 15) is 8.42 Å². The van der Waals surface area contributed by atoms with Crippen LogP contribution in [-0.4, -0.2) is 21.2 Å². The molecule has 6 heteroatoms. The van der Waals surface area contributed by atoms with Crippen LogP contribution < -0.4 is 10.5 Å². The standard InChI is InChI=1S/C11H12N2O3S/c1-8-4-2-3-5-10(8)16-7-11-9(12)6-13-17(11,14)15/h2-6H,7,12H2,1H3. The molecule has 0 fully saturated rings. The molecule has 1 aromatic carbocycles. The molecule has 1 heterocycles. The highest BCUT2D eigenvalue weighted by Gasteiger charge is 2.25. The van der Waals surface area contributed by atoms with Crippen LogP contribution in [0, 0.1) is 6.92 Å². The Kier molecular flexibility index (Phi) is 2.89. The quantitative estimate of drug-likeness (QED) is 0.868. The molecule has 0 amide bonds. The molecule has 2 rings (SSSR count). The second-order valence-electron chi connectivity index (χ2n) is 3.64. The van der Waals surface area contributed by atoms with Gasteiger partial charge in [0.05, 0.1) is 11.9 Å². The van der Waals surface area contributed by atoms with Crippen molar-refractivity contribution in [1.82, 2.24) is 0 Å². The number of nitrogens with two attached hydrogens (primary N) is 1. The highest BCUT2D eigenvalue weighted by Crippen LogP contribution is 2.21. The fourth-order valence-corrected chi connectivity index (χ4v) is 2.37. The van der Waals surface area contributed by atoms with Gasteiger partial charge >= 0.3 is 0 Å². The van der Waals surface area contributed by atoms with Crippen molar-refractivity contribution >= 4 is 16.2 Å². The van der Waals surface area contributed by atoms with Crippen LogP contribution >= 0.6 is 0 Å². The van der Waals surface area contributed by atoms with E-state index >= 15 is 0 Å². The summed E-state index contributed by atoms with van der Waals surface area (Å²) in [5.74, 6) is 0.634. The van der Waals surface area contributed by atoms with E-state index in [2.05, 4.69) is 4.40 Å². The summed E-state index contributed by atoms with van der Waals surface area (Å²) < 4.78 is 31.7. The van der Waals surface area contributed by atoms with Crippen LogP contribution in [0.2, 0.25) is 0 Å². The third-order valence-corrected chi connectivity index (χ3v) is 3.78. The molecule has 0 spiro atoms. The van der Waals surface area contributed by atoms with Crippen molar-refractivity contribution < 1.29 is 13.2 Å². The number of para-hydroxylation sites is 1. The maximum absolute atomic E-state index is 11.5.